The standard InChI is InChI=1S/C22H22N6O5S/c1-3-31-16-4-6-17(7-5-16)32-13-19-9-8-18(33-19)12-24-28-14-23-25-22(28)34-15-27-11-10-20(26-27)21(29)30-2/h4-12,14H,3,13,15H2,1-2H3/b24-12+. The number of methoxy groups -OCH3 is 1. The number of aromatic nitrogens is 5. The summed E-state index contributed by atoms with van der Waals surface area (Å²) in [4.78, 5) is 11.5. The number of rotatable bonds is 11. The third-order valence-corrected chi connectivity index (χ3v) is 5.29. The maximum atomic E-state index is 11.5. The van der Waals surface area contributed by atoms with Gasteiger partial charge < -0.3 is 18.6 Å². The minimum Gasteiger partial charge on any atom is -0.494 e. The molecule has 176 valence electrons. The predicted molar refractivity (Wildman–Crippen MR) is 123 cm³/mol. The minimum absolute atomic E-state index is 0.239. The van der Waals surface area contributed by atoms with Crippen LogP contribution in [0.25, 0.3) is 0 Å². The summed E-state index contributed by atoms with van der Waals surface area (Å²) in [7, 11) is 1.31. The highest BCUT2D eigenvalue weighted by Gasteiger charge is 2.10. The van der Waals surface area contributed by atoms with Crippen LogP contribution in [0.2, 0.25) is 0 Å². The first-order valence-corrected chi connectivity index (χ1v) is 11.3. The Balaban J connectivity index is 1.30. The molecule has 0 fully saturated rings. The highest BCUT2D eigenvalue weighted by molar-refractivity contribution is 7.98. The summed E-state index contributed by atoms with van der Waals surface area (Å²) in [6.07, 6.45) is 4.74. The molecule has 0 bridgehead atoms. The van der Waals surface area contributed by atoms with E-state index in [0.717, 1.165) is 11.5 Å². The Bertz CT molecular complexity index is 1250. The molecule has 0 amide bonds. The highest BCUT2D eigenvalue weighted by Crippen LogP contribution is 2.20. The number of hydrogen-bond donors (Lipinski definition) is 0. The van der Waals surface area contributed by atoms with Gasteiger partial charge in [-0.2, -0.15) is 14.9 Å². The molecule has 0 aliphatic heterocycles. The maximum absolute atomic E-state index is 11.5. The fourth-order valence-corrected chi connectivity index (χ4v) is 3.50. The number of carbonyl (C=O) groups excluding carboxylic acids is 1. The first-order chi connectivity index (χ1) is 16.6. The number of furan rings is 1. The van der Waals surface area contributed by atoms with Crippen LogP contribution in [0, 0.1) is 0 Å². The first kappa shape index (κ1) is 23.1. The van der Waals surface area contributed by atoms with Gasteiger partial charge in [0.2, 0.25) is 5.16 Å². The molecule has 0 atom stereocenters. The van der Waals surface area contributed by atoms with Crippen molar-refractivity contribution >= 4 is 23.9 Å². The monoisotopic (exact) mass is 482 g/mol. The van der Waals surface area contributed by atoms with E-state index in [4.69, 9.17) is 13.9 Å². The Morgan fingerprint density at radius 2 is 1.94 bits per heavy atom. The number of benzene rings is 1. The minimum atomic E-state index is -0.487. The molecule has 3 heterocycles. The molecule has 0 N–H and O–H groups in total. The van der Waals surface area contributed by atoms with Crippen LogP contribution in [-0.4, -0.2) is 50.6 Å². The lowest BCUT2D eigenvalue weighted by molar-refractivity contribution is 0.0593. The molecule has 0 aliphatic rings. The molecule has 0 unspecified atom stereocenters. The van der Waals surface area contributed by atoms with Gasteiger partial charge in [-0.05, 0) is 49.4 Å². The summed E-state index contributed by atoms with van der Waals surface area (Å²) in [5.74, 6) is 2.67. The summed E-state index contributed by atoms with van der Waals surface area (Å²) in [5, 5.41) is 17.0. The molecule has 34 heavy (non-hydrogen) atoms. The van der Waals surface area contributed by atoms with E-state index in [1.165, 1.54) is 29.9 Å². The zero-order valence-corrected chi connectivity index (χ0v) is 19.3. The zero-order chi connectivity index (χ0) is 23.8. The molecule has 0 saturated heterocycles. The normalized spacial score (nSPS) is 11.1. The van der Waals surface area contributed by atoms with Crippen molar-refractivity contribution in [3.8, 4) is 11.5 Å². The van der Waals surface area contributed by atoms with E-state index in [2.05, 4.69) is 25.1 Å². The second-order valence-corrected chi connectivity index (χ2v) is 7.62. The van der Waals surface area contributed by atoms with Gasteiger partial charge in [-0.15, -0.1) is 10.2 Å². The molecule has 0 radical (unpaired) electrons. The van der Waals surface area contributed by atoms with Crippen molar-refractivity contribution in [1.29, 1.82) is 0 Å². The van der Waals surface area contributed by atoms with E-state index < -0.39 is 5.97 Å². The van der Waals surface area contributed by atoms with Crippen molar-refractivity contribution in [2.45, 2.75) is 24.6 Å². The number of esters is 1. The summed E-state index contributed by atoms with van der Waals surface area (Å²) in [6.45, 7) is 2.84. The third-order valence-electron chi connectivity index (χ3n) is 4.37. The van der Waals surface area contributed by atoms with Gasteiger partial charge in [0, 0.05) is 6.20 Å². The highest BCUT2D eigenvalue weighted by atomic mass is 32.2. The van der Waals surface area contributed by atoms with Crippen LogP contribution in [0.15, 0.2) is 69.7 Å². The molecule has 1 aromatic carbocycles. The second kappa shape index (κ2) is 11.2. The van der Waals surface area contributed by atoms with Gasteiger partial charge in [-0.25, -0.2) is 4.79 Å². The lowest BCUT2D eigenvalue weighted by Gasteiger charge is -2.06. The van der Waals surface area contributed by atoms with Crippen LogP contribution in [0.1, 0.15) is 28.9 Å². The Morgan fingerprint density at radius 1 is 1.15 bits per heavy atom. The quantitative estimate of drug-likeness (QED) is 0.180. The van der Waals surface area contributed by atoms with Crippen molar-refractivity contribution in [3.05, 3.63) is 72.2 Å². The number of nitrogens with zero attached hydrogens (tertiary/aromatic N) is 6. The number of thioether (sulfide) groups is 1. The van der Waals surface area contributed by atoms with Gasteiger partial charge in [0.25, 0.3) is 0 Å². The fraction of sp³-hybridized carbons (Fsp3) is 0.227. The fourth-order valence-electron chi connectivity index (χ4n) is 2.78. The first-order valence-electron chi connectivity index (χ1n) is 10.3. The van der Waals surface area contributed by atoms with Gasteiger partial charge in [0.15, 0.2) is 5.69 Å². The van der Waals surface area contributed by atoms with Crippen LogP contribution < -0.4 is 9.47 Å². The number of hydrogen-bond acceptors (Lipinski definition) is 10. The number of ether oxygens (including phenoxy) is 3. The van der Waals surface area contributed by atoms with E-state index in [9.17, 15) is 4.79 Å². The summed E-state index contributed by atoms with van der Waals surface area (Å²) in [6, 6.07) is 12.6. The average molecular weight is 483 g/mol. The Kier molecular flexibility index (Phi) is 7.60. The van der Waals surface area contributed by atoms with Crippen molar-refractivity contribution in [1.82, 2.24) is 24.7 Å². The Morgan fingerprint density at radius 3 is 2.71 bits per heavy atom. The largest absolute Gasteiger partial charge is 0.494 e. The van der Waals surface area contributed by atoms with Crippen LogP contribution in [0.5, 0.6) is 11.5 Å². The molecule has 0 aliphatic carbocycles. The molecule has 12 heteroatoms. The van der Waals surface area contributed by atoms with Crippen LogP contribution in [0.4, 0.5) is 0 Å². The van der Waals surface area contributed by atoms with E-state index >= 15 is 0 Å². The predicted octanol–water partition coefficient (Wildman–Crippen LogP) is 3.46. The third kappa shape index (κ3) is 6.04. The Hall–Kier alpha value is -4.06. The molecular weight excluding hydrogens is 460 g/mol. The number of carbonyl (C=O) groups is 1. The van der Waals surface area contributed by atoms with Crippen molar-refractivity contribution in [3.63, 3.8) is 0 Å². The SMILES string of the molecule is CCOc1ccc(OCc2ccc(/C=N/n3cnnc3SCn3ccc(C(=O)OC)n3)o2)cc1. The zero-order valence-electron chi connectivity index (χ0n) is 18.5. The van der Waals surface area contributed by atoms with Gasteiger partial charge >= 0.3 is 5.97 Å². The Labute approximate surface area is 199 Å². The topological polar surface area (TPSA) is 119 Å². The van der Waals surface area contributed by atoms with Gasteiger partial charge in [-0.1, -0.05) is 11.8 Å². The van der Waals surface area contributed by atoms with Gasteiger partial charge in [0.05, 0.1) is 25.8 Å². The van der Waals surface area contributed by atoms with E-state index in [1.807, 2.05) is 37.3 Å². The van der Waals surface area contributed by atoms with Crippen LogP contribution in [0.3, 0.4) is 0 Å². The summed E-state index contributed by atoms with van der Waals surface area (Å²) >= 11 is 1.35. The lowest BCUT2D eigenvalue weighted by Crippen LogP contribution is -2.04. The maximum Gasteiger partial charge on any atom is 0.358 e. The second-order valence-electron chi connectivity index (χ2n) is 6.71. The van der Waals surface area contributed by atoms with Gasteiger partial charge in [0.1, 0.15) is 36.0 Å². The van der Waals surface area contributed by atoms with E-state index in [1.54, 1.807) is 29.2 Å². The van der Waals surface area contributed by atoms with E-state index in [0.29, 0.717) is 29.2 Å². The average Bonchev–Trinajstić information content (AvgIpc) is 3.62. The van der Waals surface area contributed by atoms with Crippen molar-refractivity contribution in [2.24, 2.45) is 5.10 Å². The molecule has 4 aromatic rings. The molecular formula is C22H22N6O5S. The molecule has 0 spiro atoms. The van der Waals surface area contributed by atoms with E-state index in [-0.39, 0.29) is 12.3 Å². The summed E-state index contributed by atoms with van der Waals surface area (Å²) in [5.41, 5.74) is 0.239. The van der Waals surface area contributed by atoms with Crippen LogP contribution >= 0.6 is 11.8 Å². The lowest BCUT2D eigenvalue weighted by atomic mass is 10.3. The molecule has 0 saturated carbocycles. The smallest absolute Gasteiger partial charge is 0.358 e. The molecule has 3 aromatic heterocycles. The van der Waals surface area contributed by atoms with Crippen molar-refractivity contribution < 1.29 is 23.4 Å². The van der Waals surface area contributed by atoms with Crippen molar-refractivity contribution in [2.75, 3.05) is 13.7 Å². The molecule has 4 rings (SSSR count). The van der Waals surface area contributed by atoms with Crippen LogP contribution in [-0.2, 0) is 17.2 Å². The molecule has 11 nitrogen and oxygen atoms in total. The van der Waals surface area contributed by atoms with Gasteiger partial charge in [-0.3, -0.25) is 4.68 Å². The summed E-state index contributed by atoms with van der Waals surface area (Å²) < 4.78 is 24.7.